The van der Waals surface area contributed by atoms with E-state index in [0.717, 1.165) is 30.2 Å². The van der Waals surface area contributed by atoms with Crippen molar-refractivity contribution < 1.29 is 4.74 Å². The van der Waals surface area contributed by atoms with E-state index >= 15 is 0 Å². The number of benzene rings is 1. The fourth-order valence-corrected chi connectivity index (χ4v) is 1.38. The van der Waals surface area contributed by atoms with Gasteiger partial charge in [0, 0.05) is 11.6 Å². The van der Waals surface area contributed by atoms with E-state index in [1.807, 2.05) is 31.3 Å². The summed E-state index contributed by atoms with van der Waals surface area (Å²) in [5, 5.41) is 3.84. The highest BCUT2D eigenvalue weighted by atomic mass is 35.5. The third-order valence-corrected chi connectivity index (χ3v) is 2.11. The van der Waals surface area contributed by atoms with Crippen LogP contribution in [0.4, 0.5) is 0 Å². The molecule has 0 bridgehead atoms. The molecule has 0 aliphatic heterocycles. The Labute approximate surface area is 90.2 Å². The van der Waals surface area contributed by atoms with Crippen molar-refractivity contribution in [3.8, 4) is 0 Å². The van der Waals surface area contributed by atoms with Crippen LogP contribution in [0.3, 0.4) is 0 Å². The molecule has 2 nitrogen and oxygen atoms in total. The summed E-state index contributed by atoms with van der Waals surface area (Å²) in [4.78, 5) is 0. The molecule has 0 aromatic heterocycles. The first-order chi connectivity index (χ1) is 6.83. The highest BCUT2D eigenvalue weighted by Gasteiger charge is 1.94. The summed E-state index contributed by atoms with van der Waals surface area (Å²) in [7, 11) is 1.94. The molecule has 0 atom stereocenters. The van der Waals surface area contributed by atoms with Gasteiger partial charge in [0.15, 0.2) is 0 Å². The molecule has 78 valence electrons. The number of rotatable bonds is 6. The summed E-state index contributed by atoms with van der Waals surface area (Å²) in [5.41, 5.74) is 1.13. The van der Waals surface area contributed by atoms with Gasteiger partial charge in [0.1, 0.15) is 0 Å². The summed E-state index contributed by atoms with van der Waals surface area (Å²) >= 11 is 5.84. The standard InChI is InChI=1S/C11H16ClNO/c1-13-6-3-7-14-9-10-4-2-5-11(12)8-10/h2,4-5,8,13H,3,6-7,9H2,1H3. The molecule has 0 heterocycles. The van der Waals surface area contributed by atoms with Crippen LogP contribution in [0, 0.1) is 0 Å². The zero-order valence-electron chi connectivity index (χ0n) is 8.42. The molecule has 0 saturated carbocycles. The molecule has 0 aliphatic rings. The molecule has 3 heteroatoms. The van der Waals surface area contributed by atoms with Crippen LogP contribution in [0.15, 0.2) is 24.3 Å². The van der Waals surface area contributed by atoms with Crippen LogP contribution in [0.2, 0.25) is 5.02 Å². The van der Waals surface area contributed by atoms with E-state index in [2.05, 4.69) is 5.32 Å². The maximum absolute atomic E-state index is 5.84. The van der Waals surface area contributed by atoms with Crippen molar-refractivity contribution in [1.29, 1.82) is 0 Å². The molecular weight excluding hydrogens is 198 g/mol. The van der Waals surface area contributed by atoms with Crippen LogP contribution in [-0.2, 0) is 11.3 Å². The normalized spacial score (nSPS) is 10.4. The number of hydrogen-bond donors (Lipinski definition) is 1. The molecule has 0 aliphatic carbocycles. The van der Waals surface area contributed by atoms with Gasteiger partial charge in [-0.1, -0.05) is 23.7 Å². The molecule has 1 aromatic rings. The van der Waals surface area contributed by atoms with Crippen molar-refractivity contribution in [3.05, 3.63) is 34.9 Å². The van der Waals surface area contributed by atoms with Crippen LogP contribution in [0.1, 0.15) is 12.0 Å². The average molecular weight is 214 g/mol. The van der Waals surface area contributed by atoms with Crippen LogP contribution >= 0.6 is 11.6 Å². The lowest BCUT2D eigenvalue weighted by Crippen LogP contribution is -2.10. The quantitative estimate of drug-likeness (QED) is 0.734. The molecule has 1 N–H and O–H groups in total. The van der Waals surface area contributed by atoms with E-state index in [0.29, 0.717) is 6.61 Å². The van der Waals surface area contributed by atoms with Crippen molar-refractivity contribution in [2.24, 2.45) is 0 Å². The first kappa shape index (κ1) is 11.5. The number of ether oxygens (including phenoxy) is 1. The van der Waals surface area contributed by atoms with Gasteiger partial charge in [0.05, 0.1) is 6.61 Å². The Morgan fingerprint density at radius 2 is 2.29 bits per heavy atom. The topological polar surface area (TPSA) is 21.3 Å². The largest absolute Gasteiger partial charge is 0.377 e. The molecule has 0 saturated heterocycles. The van der Waals surface area contributed by atoms with Crippen LogP contribution in [0.25, 0.3) is 0 Å². The summed E-state index contributed by atoms with van der Waals surface area (Å²) in [6.07, 6.45) is 1.04. The third-order valence-electron chi connectivity index (χ3n) is 1.87. The van der Waals surface area contributed by atoms with E-state index in [1.165, 1.54) is 0 Å². The molecule has 14 heavy (non-hydrogen) atoms. The molecule has 0 spiro atoms. The molecule has 0 amide bonds. The van der Waals surface area contributed by atoms with Crippen molar-refractivity contribution in [1.82, 2.24) is 5.32 Å². The zero-order valence-corrected chi connectivity index (χ0v) is 9.18. The van der Waals surface area contributed by atoms with Gasteiger partial charge in [-0.15, -0.1) is 0 Å². The predicted octanol–water partition coefficient (Wildman–Crippen LogP) is 2.47. The fraction of sp³-hybridized carbons (Fsp3) is 0.455. The van der Waals surface area contributed by atoms with Crippen LogP contribution in [-0.4, -0.2) is 20.2 Å². The Balaban J connectivity index is 2.18. The van der Waals surface area contributed by atoms with Gasteiger partial charge < -0.3 is 10.1 Å². The number of hydrogen-bond acceptors (Lipinski definition) is 2. The lowest BCUT2D eigenvalue weighted by atomic mass is 10.2. The Kier molecular flexibility index (Phi) is 5.60. The lowest BCUT2D eigenvalue weighted by Gasteiger charge is -2.04. The smallest absolute Gasteiger partial charge is 0.0717 e. The minimum atomic E-state index is 0.643. The number of halogens is 1. The second-order valence-corrected chi connectivity index (χ2v) is 3.58. The maximum atomic E-state index is 5.84. The van der Waals surface area contributed by atoms with E-state index in [-0.39, 0.29) is 0 Å². The van der Waals surface area contributed by atoms with Gasteiger partial charge in [-0.25, -0.2) is 0 Å². The van der Waals surface area contributed by atoms with Crippen LogP contribution in [0.5, 0.6) is 0 Å². The van der Waals surface area contributed by atoms with Gasteiger partial charge in [0.2, 0.25) is 0 Å². The zero-order chi connectivity index (χ0) is 10.2. The minimum Gasteiger partial charge on any atom is -0.377 e. The molecule has 0 radical (unpaired) electrons. The lowest BCUT2D eigenvalue weighted by molar-refractivity contribution is 0.119. The van der Waals surface area contributed by atoms with Crippen molar-refractivity contribution in [3.63, 3.8) is 0 Å². The molecule has 1 aromatic carbocycles. The van der Waals surface area contributed by atoms with Crippen molar-refractivity contribution in [2.75, 3.05) is 20.2 Å². The van der Waals surface area contributed by atoms with Gasteiger partial charge in [0.25, 0.3) is 0 Å². The maximum Gasteiger partial charge on any atom is 0.0717 e. The summed E-state index contributed by atoms with van der Waals surface area (Å²) < 4.78 is 5.48. The minimum absolute atomic E-state index is 0.643. The van der Waals surface area contributed by atoms with E-state index in [1.54, 1.807) is 0 Å². The second kappa shape index (κ2) is 6.82. The van der Waals surface area contributed by atoms with E-state index in [4.69, 9.17) is 16.3 Å². The fourth-order valence-electron chi connectivity index (χ4n) is 1.17. The van der Waals surface area contributed by atoms with Crippen LogP contribution < -0.4 is 5.32 Å². The first-order valence-electron chi connectivity index (χ1n) is 4.79. The molecule has 0 fully saturated rings. The van der Waals surface area contributed by atoms with Gasteiger partial charge in [-0.3, -0.25) is 0 Å². The van der Waals surface area contributed by atoms with Gasteiger partial charge in [-0.2, -0.15) is 0 Å². The number of nitrogens with one attached hydrogen (secondary N) is 1. The van der Waals surface area contributed by atoms with Gasteiger partial charge in [-0.05, 0) is 37.7 Å². The molecular formula is C11H16ClNO. The Morgan fingerprint density at radius 3 is 3.00 bits per heavy atom. The monoisotopic (exact) mass is 213 g/mol. The molecule has 1 rings (SSSR count). The third kappa shape index (κ3) is 4.61. The second-order valence-electron chi connectivity index (χ2n) is 3.14. The Hall–Kier alpha value is -0.570. The van der Waals surface area contributed by atoms with Gasteiger partial charge >= 0.3 is 0 Å². The Morgan fingerprint density at radius 1 is 1.43 bits per heavy atom. The molecule has 0 unspecified atom stereocenters. The highest BCUT2D eigenvalue weighted by molar-refractivity contribution is 6.30. The highest BCUT2D eigenvalue weighted by Crippen LogP contribution is 2.11. The van der Waals surface area contributed by atoms with E-state index < -0.39 is 0 Å². The van der Waals surface area contributed by atoms with Crippen molar-refractivity contribution in [2.45, 2.75) is 13.0 Å². The predicted molar refractivity (Wildman–Crippen MR) is 59.7 cm³/mol. The summed E-state index contributed by atoms with van der Waals surface area (Å²) in [5.74, 6) is 0. The summed E-state index contributed by atoms with van der Waals surface area (Å²) in [6.45, 7) is 2.42. The van der Waals surface area contributed by atoms with E-state index in [9.17, 15) is 0 Å². The Bertz CT molecular complexity index is 265. The summed E-state index contributed by atoms with van der Waals surface area (Å²) in [6, 6.07) is 7.75. The average Bonchev–Trinajstić information content (AvgIpc) is 2.18. The SMILES string of the molecule is CNCCCOCc1cccc(Cl)c1. The van der Waals surface area contributed by atoms with Crippen molar-refractivity contribution >= 4 is 11.6 Å². The first-order valence-corrected chi connectivity index (χ1v) is 5.17.